The topological polar surface area (TPSA) is 72.0 Å². The molecule has 0 amide bonds. The van der Waals surface area contributed by atoms with Crippen molar-refractivity contribution in [3.8, 4) is 6.01 Å². The third-order valence-electron chi connectivity index (χ3n) is 2.96. The van der Waals surface area contributed by atoms with Crippen molar-refractivity contribution < 1.29 is 4.74 Å². The van der Waals surface area contributed by atoms with E-state index in [-0.39, 0.29) is 0 Å². The fourth-order valence-electron chi connectivity index (χ4n) is 1.72. The van der Waals surface area contributed by atoms with E-state index in [1.165, 1.54) is 5.56 Å². The maximum Gasteiger partial charge on any atom is 0.323 e. The Bertz CT molecular complexity index is 600. The zero-order valence-corrected chi connectivity index (χ0v) is 12.2. The van der Waals surface area contributed by atoms with Gasteiger partial charge in [-0.2, -0.15) is 15.0 Å². The van der Waals surface area contributed by atoms with E-state index in [4.69, 9.17) is 4.74 Å². The van der Waals surface area contributed by atoms with Gasteiger partial charge < -0.3 is 15.4 Å². The Balaban J connectivity index is 2.32. The van der Waals surface area contributed by atoms with Gasteiger partial charge in [-0.3, -0.25) is 0 Å². The number of hydrogen-bond donors (Lipinski definition) is 2. The molecule has 0 radical (unpaired) electrons. The van der Waals surface area contributed by atoms with Crippen molar-refractivity contribution in [2.24, 2.45) is 0 Å². The zero-order valence-electron chi connectivity index (χ0n) is 12.2. The van der Waals surface area contributed by atoms with E-state index in [2.05, 4.69) is 45.5 Å². The van der Waals surface area contributed by atoms with E-state index in [9.17, 15) is 0 Å². The monoisotopic (exact) mass is 273 g/mol. The van der Waals surface area contributed by atoms with E-state index in [1.807, 2.05) is 19.1 Å². The lowest BCUT2D eigenvalue weighted by Gasteiger charge is -2.11. The quantitative estimate of drug-likeness (QED) is 0.872. The molecule has 0 aliphatic carbocycles. The maximum absolute atomic E-state index is 5.34. The van der Waals surface area contributed by atoms with Gasteiger partial charge in [0, 0.05) is 12.7 Å². The van der Waals surface area contributed by atoms with Crippen molar-refractivity contribution in [2.45, 2.75) is 20.8 Å². The van der Waals surface area contributed by atoms with Crippen LogP contribution in [-0.4, -0.2) is 28.6 Å². The lowest BCUT2D eigenvalue weighted by molar-refractivity contribution is 0.312. The summed E-state index contributed by atoms with van der Waals surface area (Å²) in [4.78, 5) is 12.6. The normalized spacial score (nSPS) is 10.2. The summed E-state index contributed by atoms with van der Waals surface area (Å²) in [5.41, 5.74) is 3.35. The number of benzene rings is 1. The molecule has 2 N–H and O–H groups in total. The van der Waals surface area contributed by atoms with Gasteiger partial charge in [-0.15, -0.1) is 0 Å². The molecule has 1 aromatic carbocycles. The molecule has 2 aromatic rings. The fraction of sp³-hybridized carbons (Fsp3) is 0.357. The minimum atomic E-state index is 0.305. The standard InChI is InChI=1S/C14H19N5O/c1-5-20-14-18-12(15-4)17-13(19-14)16-11-8-6-7-9(2)10(11)3/h6-8H,5H2,1-4H3,(H2,15,16,17,18,19). The van der Waals surface area contributed by atoms with Crippen molar-refractivity contribution >= 4 is 17.6 Å². The Hall–Kier alpha value is -2.37. The number of ether oxygens (including phenoxy) is 1. The molecular formula is C14H19N5O. The summed E-state index contributed by atoms with van der Waals surface area (Å²) in [6.45, 7) is 6.52. The van der Waals surface area contributed by atoms with Crippen LogP contribution in [0.15, 0.2) is 18.2 Å². The highest BCUT2D eigenvalue weighted by Crippen LogP contribution is 2.22. The van der Waals surface area contributed by atoms with E-state index >= 15 is 0 Å². The van der Waals surface area contributed by atoms with Crippen molar-refractivity contribution in [2.75, 3.05) is 24.3 Å². The third kappa shape index (κ3) is 3.14. The lowest BCUT2D eigenvalue weighted by Crippen LogP contribution is -2.07. The summed E-state index contributed by atoms with van der Waals surface area (Å²) in [7, 11) is 1.76. The van der Waals surface area contributed by atoms with Crippen LogP contribution in [0, 0.1) is 13.8 Å². The van der Waals surface area contributed by atoms with E-state index in [0.717, 1.165) is 11.3 Å². The molecule has 0 bridgehead atoms. The summed E-state index contributed by atoms with van der Waals surface area (Å²) in [6.07, 6.45) is 0. The molecule has 1 aromatic heterocycles. The first-order chi connectivity index (χ1) is 9.63. The molecule has 0 spiro atoms. The van der Waals surface area contributed by atoms with Crippen LogP contribution in [-0.2, 0) is 0 Å². The predicted molar refractivity (Wildman–Crippen MR) is 79.7 cm³/mol. The average molecular weight is 273 g/mol. The first-order valence-electron chi connectivity index (χ1n) is 6.54. The van der Waals surface area contributed by atoms with Crippen molar-refractivity contribution in [1.29, 1.82) is 0 Å². The second-order valence-corrected chi connectivity index (χ2v) is 4.32. The number of hydrogen-bond acceptors (Lipinski definition) is 6. The average Bonchev–Trinajstić information content (AvgIpc) is 2.44. The minimum absolute atomic E-state index is 0.305. The highest BCUT2D eigenvalue weighted by molar-refractivity contribution is 5.60. The van der Waals surface area contributed by atoms with Crippen LogP contribution in [0.1, 0.15) is 18.1 Å². The number of aryl methyl sites for hydroxylation is 1. The highest BCUT2D eigenvalue weighted by Gasteiger charge is 2.08. The van der Waals surface area contributed by atoms with Gasteiger partial charge in [-0.25, -0.2) is 0 Å². The molecule has 0 saturated carbocycles. The molecule has 0 fully saturated rings. The van der Waals surface area contributed by atoms with Crippen LogP contribution in [0.25, 0.3) is 0 Å². The first-order valence-corrected chi connectivity index (χ1v) is 6.54. The summed E-state index contributed by atoms with van der Waals surface area (Å²) in [6, 6.07) is 6.36. The molecule has 0 unspecified atom stereocenters. The molecule has 0 atom stereocenters. The largest absolute Gasteiger partial charge is 0.464 e. The summed E-state index contributed by atoms with van der Waals surface area (Å²) in [5, 5.41) is 6.10. The molecule has 20 heavy (non-hydrogen) atoms. The molecule has 6 nitrogen and oxygen atoms in total. The Morgan fingerprint density at radius 1 is 1.10 bits per heavy atom. The number of rotatable bonds is 5. The van der Waals surface area contributed by atoms with Crippen molar-refractivity contribution in [3.63, 3.8) is 0 Å². The van der Waals surface area contributed by atoms with Gasteiger partial charge in [0.25, 0.3) is 0 Å². The van der Waals surface area contributed by atoms with Gasteiger partial charge in [0.2, 0.25) is 11.9 Å². The number of nitrogens with zero attached hydrogens (tertiary/aromatic N) is 3. The van der Waals surface area contributed by atoms with Gasteiger partial charge in [0.15, 0.2) is 0 Å². The number of nitrogens with one attached hydrogen (secondary N) is 2. The summed E-state index contributed by atoms with van der Waals surface area (Å²) < 4.78 is 5.34. The molecule has 0 aliphatic heterocycles. The first kappa shape index (κ1) is 14.0. The summed E-state index contributed by atoms with van der Waals surface area (Å²) in [5.74, 6) is 0.928. The van der Waals surface area contributed by atoms with Gasteiger partial charge in [0.1, 0.15) is 0 Å². The molecular weight excluding hydrogens is 254 g/mol. The second kappa shape index (κ2) is 6.18. The van der Waals surface area contributed by atoms with Crippen LogP contribution in [0.3, 0.4) is 0 Å². The minimum Gasteiger partial charge on any atom is -0.464 e. The molecule has 2 rings (SSSR count). The Morgan fingerprint density at radius 3 is 2.55 bits per heavy atom. The Labute approximate surface area is 118 Å². The maximum atomic E-state index is 5.34. The van der Waals surface area contributed by atoms with Crippen LogP contribution < -0.4 is 15.4 Å². The molecule has 0 aliphatic rings. The van der Waals surface area contributed by atoms with E-state index in [0.29, 0.717) is 24.5 Å². The van der Waals surface area contributed by atoms with Gasteiger partial charge in [0.05, 0.1) is 6.61 Å². The highest BCUT2D eigenvalue weighted by atomic mass is 16.5. The van der Waals surface area contributed by atoms with Crippen molar-refractivity contribution in [3.05, 3.63) is 29.3 Å². The van der Waals surface area contributed by atoms with E-state index in [1.54, 1.807) is 7.05 Å². The van der Waals surface area contributed by atoms with Crippen LogP contribution in [0.2, 0.25) is 0 Å². The second-order valence-electron chi connectivity index (χ2n) is 4.32. The van der Waals surface area contributed by atoms with Gasteiger partial charge >= 0.3 is 6.01 Å². The molecule has 106 valence electrons. The van der Waals surface area contributed by atoms with Gasteiger partial charge in [-0.1, -0.05) is 12.1 Å². The molecule has 6 heteroatoms. The van der Waals surface area contributed by atoms with Crippen molar-refractivity contribution in [1.82, 2.24) is 15.0 Å². The van der Waals surface area contributed by atoms with Crippen LogP contribution in [0.5, 0.6) is 6.01 Å². The smallest absolute Gasteiger partial charge is 0.323 e. The fourth-order valence-corrected chi connectivity index (χ4v) is 1.72. The number of aromatic nitrogens is 3. The zero-order chi connectivity index (χ0) is 14.5. The lowest BCUT2D eigenvalue weighted by atomic mass is 10.1. The van der Waals surface area contributed by atoms with Gasteiger partial charge in [-0.05, 0) is 38.0 Å². The third-order valence-corrected chi connectivity index (χ3v) is 2.96. The summed E-state index contributed by atoms with van der Waals surface area (Å²) >= 11 is 0. The van der Waals surface area contributed by atoms with E-state index < -0.39 is 0 Å². The number of anilines is 3. The molecule has 1 heterocycles. The molecule has 0 saturated heterocycles. The SMILES string of the molecule is CCOc1nc(NC)nc(Nc2cccc(C)c2C)n1. The predicted octanol–water partition coefficient (Wildman–Crippen LogP) is 2.67. The van der Waals surface area contributed by atoms with Crippen LogP contribution >= 0.6 is 0 Å². The Morgan fingerprint density at radius 2 is 1.85 bits per heavy atom. The Kier molecular flexibility index (Phi) is 4.34. The van der Waals surface area contributed by atoms with Crippen LogP contribution in [0.4, 0.5) is 17.6 Å².